The second kappa shape index (κ2) is 8.77. The van der Waals surface area contributed by atoms with Crippen LogP contribution in [0.25, 0.3) is 0 Å². The van der Waals surface area contributed by atoms with E-state index in [2.05, 4.69) is 21.1 Å². The van der Waals surface area contributed by atoms with Crippen LogP contribution in [0.1, 0.15) is 20.3 Å². The van der Waals surface area contributed by atoms with Crippen molar-refractivity contribution in [2.24, 2.45) is 15.6 Å². The molecule has 8 nitrogen and oxygen atoms in total. The molecule has 0 heterocycles. The van der Waals surface area contributed by atoms with Gasteiger partial charge in [-0.3, -0.25) is 21.1 Å². The summed E-state index contributed by atoms with van der Waals surface area (Å²) in [5.74, 6) is 1.26. The van der Waals surface area contributed by atoms with Crippen LogP contribution in [-0.2, 0) is 4.79 Å². The highest BCUT2D eigenvalue weighted by atomic mass is 16.5. The summed E-state index contributed by atoms with van der Waals surface area (Å²) >= 11 is 0. The normalized spacial score (nSPS) is 18.4. The fourth-order valence-electron chi connectivity index (χ4n) is 3.06. The molecule has 0 radical (unpaired) electrons. The van der Waals surface area contributed by atoms with Gasteiger partial charge in [-0.25, -0.2) is 0 Å². The number of benzene rings is 2. The van der Waals surface area contributed by atoms with Crippen molar-refractivity contribution >= 4 is 34.3 Å². The topological polar surface area (TPSA) is 108 Å². The van der Waals surface area contributed by atoms with Gasteiger partial charge in [0.2, 0.25) is 0 Å². The van der Waals surface area contributed by atoms with Crippen LogP contribution in [-0.4, -0.2) is 37.1 Å². The molecule has 3 N–H and O–H groups in total. The van der Waals surface area contributed by atoms with Gasteiger partial charge in [-0.2, -0.15) is 10.2 Å². The predicted octanol–water partition coefficient (Wildman–Crippen LogP) is 3.96. The molecule has 8 heteroatoms. The first-order chi connectivity index (χ1) is 14.3. The van der Waals surface area contributed by atoms with Gasteiger partial charge in [-0.1, -0.05) is 13.8 Å². The Kier molecular flexibility index (Phi) is 6.15. The summed E-state index contributed by atoms with van der Waals surface area (Å²) in [6.45, 7) is 3.78. The van der Waals surface area contributed by atoms with Gasteiger partial charge in [-0.15, -0.1) is 0 Å². The lowest BCUT2D eigenvalue weighted by Gasteiger charge is -2.31. The van der Waals surface area contributed by atoms with Gasteiger partial charge in [-0.05, 0) is 48.5 Å². The second-order valence-electron chi connectivity index (χ2n) is 7.46. The summed E-state index contributed by atoms with van der Waals surface area (Å²) in [4.78, 5) is 12.6. The van der Waals surface area contributed by atoms with Crippen molar-refractivity contribution in [3.8, 4) is 11.5 Å². The van der Waals surface area contributed by atoms with E-state index in [1.807, 2.05) is 38.1 Å². The molecule has 0 amide bonds. The van der Waals surface area contributed by atoms with Crippen LogP contribution >= 0.6 is 0 Å². The first-order valence-electron chi connectivity index (χ1n) is 9.42. The molecule has 0 bridgehead atoms. The van der Waals surface area contributed by atoms with Crippen LogP contribution in [0, 0.1) is 10.8 Å². The summed E-state index contributed by atoms with van der Waals surface area (Å²) < 4.78 is 10.3. The van der Waals surface area contributed by atoms with Gasteiger partial charge in [0, 0.05) is 11.8 Å². The number of ether oxygens (including phenoxy) is 2. The molecular weight excluding hydrogens is 382 g/mol. The highest BCUT2D eigenvalue weighted by Gasteiger charge is 2.41. The van der Waals surface area contributed by atoms with Crippen LogP contribution < -0.4 is 20.3 Å². The Balaban J connectivity index is 1.81. The minimum absolute atomic E-state index is 0.00160. The molecule has 1 saturated carbocycles. The van der Waals surface area contributed by atoms with E-state index in [4.69, 9.17) is 14.9 Å². The molecule has 1 aliphatic carbocycles. The number of hydrogen-bond donors (Lipinski definition) is 3. The van der Waals surface area contributed by atoms with Gasteiger partial charge in [0.05, 0.1) is 31.3 Å². The van der Waals surface area contributed by atoms with E-state index in [-0.39, 0.29) is 23.6 Å². The Morgan fingerprint density at radius 3 is 1.80 bits per heavy atom. The SMILES string of the molecule is COc1ccc(N/N=C2/C(=N)/C(=N\Nc3ccc(OC)cc3)C(C)(C)CC2=O)cc1. The van der Waals surface area contributed by atoms with Crippen LogP contribution in [0.5, 0.6) is 11.5 Å². The van der Waals surface area contributed by atoms with E-state index in [0.29, 0.717) is 11.4 Å². The number of anilines is 2. The molecule has 0 saturated heterocycles. The van der Waals surface area contributed by atoms with Crippen molar-refractivity contribution < 1.29 is 14.3 Å². The van der Waals surface area contributed by atoms with Crippen LogP contribution in [0.2, 0.25) is 0 Å². The fourth-order valence-corrected chi connectivity index (χ4v) is 3.06. The van der Waals surface area contributed by atoms with E-state index < -0.39 is 5.41 Å². The number of ketones is 1. The Labute approximate surface area is 175 Å². The lowest BCUT2D eigenvalue weighted by molar-refractivity contribution is -0.114. The predicted molar refractivity (Wildman–Crippen MR) is 119 cm³/mol. The number of hydrazone groups is 2. The zero-order chi connectivity index (χ0) is 21.7. The number of rotatable bonds is 6. The summed E-state index contributed by atoms with van der Waals surface area (Å²) in [7, 11) is 3.19. The third-order valence-electron chi connectivity index (χ3n) is 4.75. The lowest BCUT2D eigenvalue weighted by atomic mass is 9.73. The monoisotopic (exact) mass is 407 g/mol. The zero-order valence-electron chi connectivity index (χ0n) is 17.4. The average molecular weight is 407 g/mol. The van der Waals surface area contributed by atoms with E-state index in [1.54, 1.807) is 38.5 Å². The van der Waals surface area contributed by atoms with Gasteiger partial charge < -0.3 is 9.47 Å². The fraction of sp³-hybridized carbons (Fsp3) is 0.273. The van der Waals surface area contributed by atoms with Gasteiger partial charge in [0.1, 0.15) is 17.2 Å². The summed E-state index contributed by atoms with van der Waals surface area (Å²) in [6.07, 6.45) is 0.210. The van der Waals surface area contributed by atoms with Gasteiger partial charge in [0.25, 0.3) is 0 Å². The average Bonchev–Trinajstić information content (AvgIpc) is 2.73. The summed E-state index contributed by atoms with van der Waals surface area (Å²) in [5, 5.41) is 17.2. The van der Waals surface area contributed by atoms with Crippen LogP contribution in [0.15, 0.2) is 58.7 Å². The molecule has 2 aromatic rings. The van der Waals surface area contributed by atoms with E-state index in [1.165, 1.54) is 0 Å². The van der Waals surface area contributed by atoms with Crippen molar-refractivity contribution in [3.63, 3.8) is 0 Å². The molecule has 2 aromatic carbocycles. The molecule has 156 valence electrons. The molecule has 0 aromatic heterocycles. The third kappa shape index (κ3) is 4.65. The number of carbonyl (C=O) groups is 1. The van der Waals surface area contributed by atoms with E-state index in [0.717, 1.165) is 17.2 Å². The third-order valence-corrected chi connectivity index (χ3v) is 4.75. The molecule has 1 aliphatic rings. The smallest absolute Gasteiger partial charge is 0.186 e. The maximum Gasteiger partial charge on any atom is 0.186 e. The van der Waals surface area contributed by atoms with Gasteiger partial charge >= 0.3 is 0 Å². The maximum absolute atomic E-state index is 12.6. The molecule has 0 spiro atoms. The minimum atomic E-state index is -0.591. The first kappa shape index (κ1) is 21.0. The molecule has 0 atom stereocenters. The van der Waals surface area contributed by atoms with Crippen molar-refractivity contribution in [2.75, 3.05) is 25.1 Å². The number of carbonyl (C=O) groups excluding carboxylic acids is 1. The number of Topliss-reactive ketones (excluding diaryl/α,β-unsaturated/α-hetero) is 1. The van der Waals surface area contributed by atoms with Crippen molar-refractivity contribution in [2.45, 2.75) is 20.3 Å². The quantitative estimate of drug-likeness (QED) is 0.628. The summed E-state index contributed by atoms with van der Waals surface area (Å²) in [6, 6.07) is 14.4. The molecule has 0 aliphatic heterocycles. The number of methoxy groups -OCH3 is 2. The Bertz CT molecular complexity index is 992. The lowest BCUT2D eigenvalue weighted by Crippen LogP contribution is -2.47. The van der Waals surface area contributed by atoms with Crippen LogP contribution in [0.4, 0.5) is 11.4 Å². The van der Waals surface area contributed by atoms with E-state index >= 15 is 0 Å². The molecular formula is C22H25N5O3. The standard InChI is InChI=1S/C22H25N5O3/c1-22(2)13-18(28)20(26-24-14-5-9-16(29-3)10-6-14)19(23)21(22)27-25-15-7-11-17(30-4)12-8-15/h5-12,23-25H,13H2,1-4H3/b23-19?,26-20+,27-21+. The molecule has 3 rings (SSSR count). The van der Waals surface area contributed by atoms with Crippen molar-refractivity contribution in [1.82, 2.24) is 0 Å². The van der Waals surface area contributed by atoms with Crippen LogP contribution in [0.3, 0.4) is 0 Å². The number of nitrogens with one attached hydrogen (secondary N) is 3. The van der Waals surface area contributed by atoms with Gasteiger partial charge in [0.15, 0.2) is 11.5 Å². The Morgan fingerprint density at radius 1 is 0.867 bits per heavy atom. The number of hydrogen-bond acceptors (Lipinski definition) is 8. The van der Waals surface area contributed by atoms with Crippen molar-refractivity contribution in [1.29, 1.82) is 5.41 Å². The number of nitrogens with zero attached hydrogens (tertiary/aromatic N) is 2. The summed E-state index contributed by atoms with van der Waals surface area (Å²) in [5.41, 5.74) is 7.17. The Hall–Kier alpha value is -3.68. The molecule has 0 unspecified atom stereocenters. The largest absolute Gasteiger partial charge is 0.497 e. The minimum Gasteiger partial charge on any atom is -0.497 e. The first-order valence-corrected chi connectivity index (χ1v) is 9.42. The highest BCUT2D eigenvalue weighted by molar-refractivity contribution is 6.83. The maximum atomic E-state index is 12.6. The van der Waals surface area contributed by atoms with Crippen molar-refractivity contribution in [3.05, 3.63) is 48.5 Å². The zero-order valence-corrected chi connectivity index (χ0v) is 17.4. The van der Waals surface area contributed by atoms with E-state index in [9.17, 15) is 4.79 Å². The molecule has 30 heavy (non-hydrogen) atoms. The Morgan fingerprint density at radius 2 is 1.33 bits per heavy atom. The second-order valence-corrected chi connectivity index (χ2v) is 7.46. The molecule has 1 fully saturated rings. The highest BCUT2D eigenvalue weighted by Crippen LogP contribution is 2.29.